The van der Waals surface area contributed by atoms with Gasteiger partial charge in [-0.05, 0) is 74.4 Å². The van der Waals surface area contributed by atoms with Gasteiger partial charge in [0.15, 0.2) is 0 Å². The van der Waals surface area contributed by atoms with E-state index < -0.39 is 0 Å². The van der Waals surface area contributed by atoms with Crippen molar-refractivity contribution < 1.29 is 20.3 Å². The molecule has 0 fully saturated rings. The Balaban J connectivity index is 0.00000144. The fraction of sp³-hybridized carbons (Fsp3) is 0.500. The number of fused-ring (bicyclic) bond motifs is 1. The Kier molecular flexibility index (Phi) is 4.34. The number of benzene rings is 1. The first-order valence-corrected chi connectivity index (χ1v) is 6.27. The van der Waals surface area contributed by atoms with Crippen molar-refractivity contribution in [3.63, 3.8) is 0 Å². The summed E-state index contributed by atoms with van der Waals surface area (Å²) in [6, 6.07) is 0. The fourth-order valence-corrected chi connectivity index (χ4v) is 3.09. The normalized spacial score (nSPS) is 17.5. The van der Waals surface area contributed by atoms with Crippen LogP contribution in [0.1, 0.15) is 61.0 Å². The first kappa shape index (κ1) is 14.6. The molecule has 0 saturated carbocycles. The molecule has 0 aromatic heterocycles. The van der Waals surface area contributed by atoms with Gasteiger partial charge >= 0.3 is 18.9 Å². The molecule has 1 heteroatoms. The molecule has 1 atom stereocenters. The van der Waals surface area contributed by atoms with Crippen molar-refractivity contribution in [3.8, 4) is 0 Å². The Bertz CT molecular complexity index is 487. The molecule has 1 aromatic carbocycles. The van der Waals surface area contributed by atoms with Crippen LogP contribution in [0.3, 0.4) is 0 Å². The van der Waals surface area contributed by atoms with Crippen molar-refractivity contribution in [2.75, 3.05) is 0 Å². The van der Waals surface area contributed by atoms with Crippen LogP contribution in [-0.2, 0) is 0 Å². The van der Waals surface area contributed by atoms with E-state index in [1.54, 1.807) is 5.56 Å². The number of rotatable bonds is 1. The first-order valence-electron chi connectivity index (χ1n) is 6.27. The molecule has 0 amide bonds. The summed E-state index contributed by atoms with van der Waals surface area (Å²) in [5, 5.41) is 0. The van der Waals surface area contributed by atoms with Crippen LogP contribution in [0, 0.1) is 27.7 Å². The van der Waals surface area contributed by atoms with Gasteiger partial charge in [0.25, 0.3) is 0 Å². The van der Waals surface area contributed by atoms with Crippen LogP contribution >= 0.6 is 0 Å². The minimum absolute atomic E-state index is 0. The van der Waals surface area contributed by atoms with E-state index in [0.29, 0.717) is 5.92 Å². The van der Waals surface area contributed by atoms with Crippen molar-refractivity contribution in [2.45, 2.75) is 53.9 Å². The van der Waals surface area contributed by atoms with Gasteiger partial charge in [0.1, 0.15) is 0 Å². The Morgan fingerprint density at radius 1 is 0.941 bits per heavy atom. The van der Waals surface area contributed by atoms with Crippen molar-refractivity contribution in [1.29, 1.82) is 0 Å². The number of hydrogen-bond donors (Lipinski definition) is 0. The molecule has 1 aromatic rings. The van der Waals surface area contributed by atoms with Crippen LogP contribution in [0.5, 0.6) is 0 Å². The van der Waals surface area contributed by atoms with Crippen LogP contribution in [0.2, 0.25) is 0 Å². The van der Waals surface area contributed by atoms with Crippen LogP contribution in [-0.4, -0.2) is 0 Å². The SMILES string of the molecule is CCC1C(C)=Cc2c(C)c(C)c(C)c(C)c21.[H-].[Li+]. The minimum Gasteiger partial charge on any atom is -1.00 e. The summed E-state index contributed by atoms with van der Waals surface area (Å²) in [4.78, 5) is 0. The van der Waals surface area contributed by atoms with Crippen LogP contribution in [0.4, 0.5) is 0 Å². The largest absolute Gasteiger partial charge is 1.00 e. The van der Waals surface area contributed by atoms with E-state index >= 15 is 0 Å². The van der Waals surface area contributed by atoms with Gasteiger partial charge in [-0.3, -0.25) is 0 Å². The molecule has 0 spiro atoms. The van der Waals surface area contributed by atoms with Crippen LogP contribution in [0.25, 0.3) is 6.08 Å². The molecular formula is C16H23Li. The third-order valence-electron chi connectivity index (χ3n) is 4.46. The third-order valence-corrected chi connectivity index (χ3v) is 4.46. The number of hydrogen-bond acceptors (Lipinski definition) is 0. The monoisotopic (exact) mass is 222 g/mol. The molecule has 88 valence electrons. The summed E-state index contributed by atoms with van der Waals surface area (Å²) in [6.07, 6.45) is 3.62. The quantitative estimate of drug-likeness (QED) is 0.637. The average molecular weight is 222 g/mol. The molecule has 1 aliphatic carbocycles. The second-order valence-corrected chi connectivity index (χ2v) is 5.18. The van der Waals surface area contributed by atoms with Crippen molar-refractivity contribution in [1.82, 2.24) is 0 Å². The zero-order valence-electron chi connectivity index (χ0n) is 13.4. The van der Waals surface area contributed by atoms with Gasteiger partial charge in [0, 0.05) is 5.92 Å². The predicted molar refractivity (Wildman–Crippen MR) is 73.2 cm³/mol. The standard InChI is InChI=1S/C16H22.Li.H/c1-7-14-9(2)8-15-12(5)10(3)11(4)13(6)16(14)15;;/h8,14H,7H2,1-6H3;;/q;+1;-1. The van der Waals surface area contributed by atoms with Gasteiger partial charge in [-0.25, -0.2) is 0 Å². The fourth-order valence-electron chi connectivity index (χ4n) is 3.09. The van der Waals surface area contributed by atoms with E-state index in [-0.39, 0.29) is 20.3 Å². The summed E-state index contributed by atoms with van der Waals surface area (Å²) in [5.41, 5.74) is 10.6. The zero-order valence-corrected chi connectivity index (χ0v) is 12.4. The topological polar surface area (TPSA) is 0 Å². The molecule has 2 rings (SSSR count). The molecule has 0 saturated heterocycles. The molecule has 0 bridgehead atoms. The van der Waals surface area contributed by atoms with E-state index in [2.05, 4.69) is 47.6 Å². The van der Waals surface area contributed by atoms with Gasteiger partial charge in [0.05, 0.1) is 0 Å². The molecular weight excluding hydrogens is 199 g/mol. The molecule has 1 unspecified atom stereocenters. The van der Waals surface area contributed by atoms with E-state index in [1.165, 1.54) is 39.8 Å². The summed E-state index contributed by atoms with van der Waals surface area (Å²) in [5.74, 6) is 0.660. The van der Waals surface area contributed by atoms with Gasteiger partial charge in [-0.15, -0.1) is 0 Å². The minimum atomic E-state index is 0. The predicted octanol–water partition coefficient (Wildman–Crippen LogP) is 1.95. The summed E-state index contributed by atoms with van der Waals surface area (Å²) >= 11 is 0. The molecule has 0 heterocycles. The number of allylic oxidation sites excluding steroid dienone is 1. The maximum absolute atomic E-state index is 2.40. The maximum atomic E-state index is 2.40. The maximum Gasteiger partial charge on any atom is 1.00 e. The summed E-state index contributed by atoms with van der Waals surface area (Å²) in [6.45, 7) is 13.6. The smallest absolute Gasteiger partial charge is 1.00 e. The Morgan fingerprint density at radius 3 is 2.00 bits per heavy atom. The Morgan fingerprint density at radius 2 is 1.47 bits per heavy atom. The van der Waals surface area contributed by atoms with Crippen molar-refractivity contribution >= 4 is 6.08 Å². The molecule has 0 radical (unpaired) electrons. The second-order valence-electron chi connectivity index (χ2n) is 5.18. The van der Waals surface area contributed by atoms with Crippen molar-refractivity contribution in [2.24, 2.45) is 0 Å². The van der Waals surface area contributed by atoms with Gasteiger partial charge < -0.3 is 1.43 Å². The van der Waals surface area contributed by atoms with E-state index in [0.717, 1.165) is 0 Å². The van der Waals surface area contributed by atoms with Crippen LogP contribution < -0.4 is 18.9 Å². The molecule has 0 aliphatic heterocycles. The molecule has 17 heavy (non-hydrogen) atoms. The van der Waals surface area contributed by atoms with Gasteiger partial charge in [-0.2, -0.15) is 0 Å². The van der Waals surface area contributed by atoms with Gasteiger partial charge in [0.2, 0.25) is 0 Å². The van der Waals surface area contributed by atoms with Crippen LogP contribution in [0.15, 0.2) is 5.57 Å². The zero-order chi connectivity index (χ0) is 12.0. The Labute approximate surface area is 119 Å². The second kappa shape index (κ2) is 5.05. The van der Waals surface area contributed by atoms with Gasteiger partial charge in [-0.1, -0.05) is 18.6 Å². The molecule has 0 nitrogen and oxygen atoms in total. The van der Waals surface area contributed by atoms with E-state index in [9.17, 15) is 0 Å². The third kappa shape index (κ3) is 2.03. The van der Waals surface area contributed by atoms with Crippen molar-refractivity contribution in [3.05, 3.63) is 39.0 Å². The summed E-state index contributed by atoms with van der Waals surface area (Å²) in [7, 11) is 0. The first-order chi connectivity index (χ1) is 7.49. The molecule has 1 aliphatic rings. The van der Waals surface area contributed by atoms with E-state index in [1.807, 2.05) is 0 Å². The molecule has 0 N–H and O–H groups in total. The summed E-state index contributed by atoms with van der Waals surface area (Å²) < 4.78 is 0. The average Bonchev–Trinajstić information content (AvgIpc) is 2.60. The Hall–Kier alpha value is -0.443. The van der Waals surface area contributed by atoms with E-state index in [4.69, 9.17) is 0 Å².